The van der Waals surface area contributed by atoms with Gasteiger partial charge in [0.05, 0.1) is 12.7 Å². The van der Waals surface area contributed by atoms with Gasteiger partial charge in [-0.3, -0.25) is 4.79 Å². The maximum atomic E-state index is 12.3. The largest absolute Gasteiger partial charge is 0.496 e. The van der Waals surface area contributed by atoms with Crippen molar-refractivity contribution in [2.45, 2.75) is 26.8 Å². The summed E-state index contributed by atoms with van der Waals surface area (Å²) in [5.41, 5.74) is 6.75. The van der Waals surface area contributed by atoms with Crippen LogP contribution in [0.1, 0.15) is 31.1 Å². The van der Waals surface area contributed by atoms with E-state index in [9.17, 15) is 4.79 Å². The lowest BCUT2D eigenvalue weighted by molar-refractivity contribution is 0.0927. The molecule has 0 radical (unpaired) electrons. The molecule has 0 aliphatic rings. The van der Waals surface area contributed by atoms with Crippen molar-refractivity contribution in [2.75, 3.05) is 32.5 Å². The van der Waals surface area contributed by atoms with Gasteiger partial charge in [-0.05, 0) is 38.2 Å². The van der Waals surface area contributed by atoms with Crippen LogP contribution in [0.4, 0.5) is 5.69 Å². The average molecular weight is 279 g/mol. The number of likely N-dealkylation sites (N-methyl/N-ethyl adjacent to an activating group) is 1. The highest BCUT2D eigenvalue weighted by Crippen LogP contribution is 2.20. The number of nitrogens with one attached hydrogen (secondary N) is 1. The van der Waals surface area contributed by atoms with Gasteiger partial charge < -0.3 is 20.7 Å². The molecule has 1 amide bonds. The quantitative estimate of drug-likeness (QED) is 0.746. The van der Waals surface area contributed by atoms with Crippen LogP contribution >= 0.6 is 0 Å². The Bertz CT molecular complexity index is 445. The molecular formula is C15H25N3O2. The van der Waals surface area contributed by atoms with E-state index in [-0.39, 0.29) is 11.9 Å². The third-order valence-electron chi connectivity index (χ3n) is 3.27. The van der Waals surface area contributed by atoms with Crippen molar-refractivity contribution in [1.82, 2.24) is 10.2 Å². The third-order valence-corrected chi connectivity index (χ3v) is 3.27. The second-order valence-electron chi connectivity index (χ2n) is 4.82. The van der Waals surface area contributed by atoms with Crippen LogP contribution in [-0.2, 0) is 0 Å². The Labute approximate surface area is 121 Å². The first kappa shape index (κ1) is 16.3. The Morgan fingerprint density at radius 1 is 1.40 bits per heavy atom. The molecule has 1 unspecified atom stereocenters. The zero-order chi connectivity index (χ0) is 15.1. The summed E-state index contributed by atoms with van der Waals surface area (Å²) in [6, 6.07) is 5.13. The topological polar surface area (TPSA) is 67.6 Å². The molecule has 5 heteroatoms. The molecule has 0 saturated heterocycles. The van der Waals surface area contributed by atoms with E-state index in [1.165, 1.54) is 0 Å². The van der Waals surface area contributed by atoms with Gasteiger partial charge in [0.1, 0.15) is 5.75 Å². The second kappa shape index (κ2) is 7.75. The summed E-state index contributed by atoms with van der Waals surface area (Å²) in [5.74, 6) is 0.376. The number of hydrogen-bond acceptors (Lipinski definition) is 4. The van der Waals surface area contributed by atoms with E-state index in [1.807, 2.05) is 6.92 Å². The Morgan fingerprint density at radius 2 is 2.05 bits per heavy atom. The van der Waals surface area contributed by atoms with Crippen LogP contribution in [0.5, 0.6) is 5.75 Å². The first-order valence-corrected chi connectivity index (χ1v) is 6.98. The number of amides is 1. The second-order valence-corrected chi connectivity index (χ2v) is 4.82. The zero-order valence-corrected chi connectivity index (χ0v) is 12.8. The Balaban J connectivity index is 2.73. The summed E-state index contributed by atoms with van der Waals surface area (Å²) < 4.78 is 5.20. The molecule has 0 spiro atoms. The van der Waals surface area contributed by atoms with Crippen molar-refractivity contribution in [2.24, 2.45) is 0 Å². The summed E-state index contributed by atoms with van der Waals surface area (Å²) >= 11 is 0. The van der Waals surface area contributed by atoms with Gasteiger partial charge in [0, 0.05) is 18.3 Å². The fourth-order valence-corrected chi connectivity index (χ4v) is 2.12. The van der Waals surface area contributed by atoms with Crippen LogP contribution in [0, 0.1) is 0 Å². The molecule has 0 aliphatic carbocycles. The van der Waals surface area contributed by atoms with Crippen molar-refractivity contribution >= 4 is 11.6 Å². The molecule has 1 aromatic carbocycles. The van der Waals surface area contributed by atoms with Gasteiger partial charge in [-0.2, -0.15) is 0 Å². The Hall–Kier alpha value is -1.75. The maximum absolute atomic E-state index is 12.3. The van der Waals surface area contributed by atoms with Crippen LogP contribution in [0.3, 0.4) is 0 Å². The normalized spacial score (nSPS) is 12.2. The van der Waals surface area contributed by atoms with Gasteiger partial charge in [-0.1, -0.05) is 13.8 Å². The van der Waals surface area contributed by atoms with Crippen LogP contribution in [0.2, 0.25) is 0 Å². The molecule has 0 bridgehead atoms. The Morgan fingerprint density at radius 3 is 2.60 bits per heavy atom. The molecule has 1 atom stereocenters. The number of benzene rings is 1. The predicted molar refractivity (Wildman–Crippen MR) is 82.1 cm³/mol. The highest BCUT2D eigenvalue weighted by atomic mass is 16.5. The molecule has 5 nitrogen and oxygen atoms in total. The molecule has 20 heavy (non-hydrogen) atoms. The van der Waals surface area contributed by atoms with Crippen molar-refractivity contribution in [1.29, 1.82) is 0 Å². The fraction of sp³-hybridized carbons (Fsp3) is 0.533. The zero-order valence-electron chi connectivity index (χ0n) is 12.8. The monoisotopic (exact) mass is 279 g/mol. The highest BCUT2D eigenvalue weighted by molar-refractivity contribution is 5.98. The van der Waals surface area contributed by atoms with E-state index >= 15 is 0 Å². The van der Waals surface area contributed by atoms with E-state index in [2.05, 4.69) is 24.1 Å². The number of rotatable bonds is 7. The molecule has 3 N–H and O–H groups in total. The number of anilines is 1. The van der Waals surface area contributed by atoms with Crippen LogP contribution < -0.4 is 15.8 Å². The SMILES string of the molecule is CCN(CC)CC(C)NC(=O)c1cc(N)ccc1OC. The molecule has 1 rings (SSSR count). The van der Waals surface area contributed by atoms with Gasteiger partial charge in [-0.25, -0.2) is 0 Å². The van der Waals surface area contributed by atoms with E-state index in [1.54, 1.807) is 25.3 Å². The lowest BCUT2D eigenvalue weighted by atomic mass is 10.1. The number of nitrogen functional groups attached to an aromatic ring is 1. The predicted octanol–water partition coefficient (Wildman–Crippen LogP) is 1.74. The van der Waals surface area contributed by atoms with Crippen molar-refractivity contribution in [3.8, 4) is 5.75 Å². The number of nitrogens with zero attached hydrogens (tertiary/aromatic N) is 1. The summed E-state index contributed by atoms with van der Waals surface area (Å²) in [4.78, 5) is 14.5. The third kappa shape index (κ3) is 4.42. The summed E-state index contributed by atoms with van der Waals surface area (Å²) in [6.07, 6.45) is 0. The average Bonchev–Trinajstić information content (AvgIpc) is 2.44. The van der Waals surface area contributed by atoms with E-state index in [4.69, 9.17) is 10.5 Å². The minimum absolute atomic E-state index is 0.0635. The number of methoxy groups -OCH3 is 1. The number of nitrogens with two attached hydrogens (primary N) is 1. The lowest BCUT2D eigenvalue weighted by Gasteiger charge is -2.23. The van der Waals surface area contributed by atoms with Crippen molar-refractivity contribution in [3.05, 3.63) is 23.8 Å². The van der Waals surface area contributed by atoms with Gasteiger partial charge in [0.2, 0.25) is 0 Å². The number of carbonyl (C=O) groups is 1. The van der Waals surface area contributed by atoms with Crippen LogP contribution in [-0.4, -0.2) is 43.6 Å². The lowest BCUT2D eigenvalue weighted by Crippen LogP contribution is -2.42. The van der Waals surface area contributed by atoms with E-state index in [0.717, 1.165) is 19.6 Å². The highest BCUT2D eigenvalue weighted by Gasteiger charge is 2.16. The first-order chi connectivity index (χ1) is 9.51. The summed E-state index contributed by atoms with van der Waals surface area (Å²) in [7, 11) is 1.54. The minimum Gasteiger partial charge on any atom is -0.496 e. The van der Waals surface area contributed by atoms with Gasteiger partial charge in [0.15, 0.2) is 0 Å². The minimum atomic E-state index is -0.159. The van der Waals surface area contributed by atoms with E-state index in [0.29, 0.717) is 17.0 Å². The molecule has 0 aromatic heterocycles. The van der Waals surface area contributed by atoms with Gasteiger partial charge >= 0.3 is 0 Å². The van der Waals surface area contributed by atoms with Crippen molar-refractivity contribution < 1.29 is 9.53 Å². The standard InChI is InChI=1S/C15H25N3O2/c1-5-18(6-2)10-11(3)17-15(19)13-9-12(16)7-8-14(13)20-4/h7-9,11H,5-6,10,16H2,1-4H3,(H,17,19). The van der Waals surface area contributed by atoms with Crippen LogP contribution in [0.25, 0.3) is 0 Å². The molecule has 0 fully saturated rings. The summed E-state index contributed by atoms with van der Waals surface area (Å²) in [6.45, 7) is 8.98. The van der Waals surface area contributed by atoms with Crippen molar-refractivity contribution in [3.63, 3.8) is 0 Å². The van der Waals surface area contributed by atoms with Gasteiger partial charge in [0.25, 0.3) is 5.91 Å². The van der Waals surface area contributed by atoms with E-state index < -0.39 is 0 Å². The molecular weight excluding hydrogens is 254 g/mol. The number of ether oxygens (including phenoxy) is 1. The number of carbonyl (C=O) groups excluding carboxylic acids is 1. The molecule has 0 heterocycles. The smallest absolute Gasteiger partial charge is 0.255 e. The Kier molecular flexibility index (Phi) is 6.31. The molecule has 0 saturated carbocycles. The maximum Gasteiger partial charge on any atom is 0.255 e. The summed E-state index contributed by atoms with van der Waals surface area (Å²) in [5, 5.41) is 2.98. The first-order valence-electron chi connectivity index (χ1n) is 6.98. The molecule has 0 aliphatic heterocycles. The fourth-order valence-electron chi connectivity index (χ4n) is 2.12. The molecule has 112 valence electrons. The van der Waals surface area contributed by atoms with Crippen LogP contribution in [0.15, 0.2) is 18.2 Å². The van der Waals surface area contributed by atoms with Gasteiger partial charge in [-0.15, -0.1) is 0 Å². The molecule has 1 aromatic rings. The number of hydrogen-bond donors (Lipinski definition) is 2.